The van der Waals surface area contributed by atoms with E-state index in [4.69, 9.17) is 0 Å². The van der Waals surface area contributed by atoms with Crippen molar-refractivity contribution in [3.05, 3.63) is 46.8 Å². The Morgan fingerprint density at radius 2 is 1.86 bits per heavy atom. The maximum Gasteiger partial charge on any atom is 0.252 e. The Kier molecular flexibility index (Phi) is 6.36. The second kappa shape index (κ2) is 8.46. The number of anilines is 1. The zero-order valence-corrected chi connectivity index (χ0v) is 18.4. The van der Waals surface area contributed by atoms with Crippen molar-refractivity contribution in [2.24, 2.45) is 0 Å². The maximum absolute atomic E-state index is 12.7. The smallest absolute Gasteiger partial charge is 0.252 e. The summed E-state index contributed by atoms with van der Waals surface area (Å²) in [5, 5.41) is 21.6. The molecule has 2 heterocycles. The van der Waals surface area contributed by atoms with Crippen LogP contribution in [-0.2, 0) is 15.6 Å². The number of hydrogen-bond acceptors (Lipinski definition) is 6. The zero-order valence-electron chi connectivity index (χ0n) is 16.8. The van der Waals surface area contributed by atoms with E-state index in [9.17, 15) is 18.6 Å². The first-order chi connectivity index (χ1) is 13.6. The van der Waals surface area contributed by atoms with Crippen LogP contribution in [0.4, 0.5) is 5.69 Å². The van der Waals surface area contributed by atoms with Crippen molar-refractivity contribution in [3.8, 4) is 11.8 Å². The molecule has 8 heteroatoms. The van der Waals surface area contributed by atoms with E-state index < -0.39 is 21.7 Å². The molecule has 156 valence electrons. The summed E-state index contributed by atoms with van der Waals surface area (Å²) in [7, 11) is -3.45. The van der Waals surface area contributed by atoms with Crippen molar-refractivity contribution in [1.29, 1.82) is 0 Å². The van der Waals surface area contributed by atoms with E-state index in [0.29, 0.717) is 36.0 Å². The summed E-state index contributed by atoms with van der Waals surface area (Å²) in [6, 6.07) is 8.97. The molecule has 0 spiro atoms. The molecule has 1 aliphatic rings. The average Bonchev–Trinajstić information content (AvgIpc) is 3.21. The Balaban J connectivity index is 1.84. The first-order valence-corrected chi connectivity index (χ1v) is 11.8. The molecule has 1 aromatic carbocycles. The van der Waals surface area contributed by atoms with E-state index in [1.54, 1.807) is 38.3 Å². The molecule has 1 aliphatic heterocycles. The van der Waals surface area contributed by atoms with Gasteiger partial charge in [-0.3, -0.25) is 0 Å². The monoisotopic (exact) mass is 434 g/mol. The van der Waals surface area contributed by atoms with Gasteiger partial charge in [-0.1, -0.05) is 24.0 Å². The number of rotatable bonds is 4. The van der Waals surface area contributed by atoms with Gasteiger partial charge in [-0.2, -0.15) is 4.31 Å². The molecule has 6 nitrogen and oxygen atoms in total. The first kappa shape index (κ1) is 21.8. The molecule has 0 unspecified atom stereocenters. The van der Waals surface area contributed by atoms with E-state index in [0.717, 1.165) is 11.3 Å². The summed E-state index contributed by atoms with van der Waals surface area (Å²) in [4.78, 5) is 2.10. The Morgan fingerprint density at radius 3 is 2.41 bits per heavy atom. The Labute approximate surface area is 176 Å². The lowest BCUT2D eigenvalue weighted by Gasteiger charge is -2.36. The summed E-state index contributed by atoms with van der Waals surface area (Å²) in [5.74, 6) is 5.77. The fraction of sp³-hybridized carbons (Fsp3) is 0.429. The minimum atomic E-state index is -3.45. The lowest BCUT2D eigenvalue weighted by Crippen LogP contribution is -2.48. The topological polar surface area (TPSA) is 81.1 Å². The van der Waals surface area contributed by atoms with Crippen LogP contribution in [-0.4, -0.2) is 55.2 Å². The molecule has 1 saturated heterocycles. The molecule has 0 bridgehead atoms. The molecule has 0 saturated carbocycles. The Morgan fingerprint density at radius 1 is 1.17 bits per heavy atom. The van der Waals surface area contributed by atoms with Crippen molar-refractivity contribution in [2.75, 3.05) is 31.1 Å². The standard InChI is InChI=1S/C21H26N2O4S2/c1-16(24)6-7-17-15-18(21(2,3)25)8-9-19(17)22-10-12-23(13-11-22)29(26,27)20-5-4-14-28-20/h4-5,8-9,14-16,24-25H,10-13H2,1-3H3/t16-/m1/s1. The van der Waals surface area contributed by atoms with Crippen LogP contribution in [0.25, 0.3) is 0 Å². The zero-order chi connectivity index (χ0) is 21.2. The maximum atomic E-state index is 12.7. The van der Waals surface area contributed by atoms with Gasteiger partial charge in [-0.15, -0.1) is 11.3 Å². The van der Waals surface area contributed by atoms with Crippen molar-refractivity contribution < 1.29 is 18.6 Å². The highest BCUT2D eigenvalue weighted by atomic mass is 32.2. The van der Waals surface area contributed by atoms with Crippen LogP contribution < -0.4 is 4.90 Å². The number of thiophene rings is 1. The third kappa shape index (κ3) is 5.00. The first-order valence-electron chi connectivity index (χ1n) is 9.44. The number of nitrogens with zero attached hydrogens (tertiary/aromatic N) is 2. The van der Waals surface area contributed by atoms with E-state index >= 15 is 0 Å². The Hall–Kier alpha value is -1.89. The summed E-state index contributed by atoms with van der Waals surface area (Å²) < 4.78 is 27.3. The van der Waals surface area contributed by atoms with Gasteiger partial charge < -0.3 is 15.1 Å². The number of sulfonamides is 1. The van der Waals surface area contributed by atoms with Crippen LogP contribution in [0.1, 0.15) is 31.9 Å². The Bertz CT molecular complexity index is 1010. The lowest BCUT2D eigenvalue weighted by atomic mass is 9.95. The molecule has 3 rings (SSSR count). The third-order valence-electron chi connectivity index (χ3n) is 4.79. The van der Waals surface area contributed by atoms with Crippen molar-refractivity contribution in [2.45, 2.75) is 36.7 Å². The van der Waals surface area contributed by atoms with Gasteiger partial charge in [-0.05, 0) is 49.9 Å². The second-order valence-corrected chi connectivity index (χ2v) is 10.7. The molecule has 1 aromatic heterocycles. The number of hydrogen-bond donors (Lipinski definition) is 2. The van der Waals surface area contributed by atoms with E-state index in [-0.39, 0.29) is 0 Å². The molecule has 0 radical (unpaired) electrons. The highest BCUT2D eigenvalue weighted by molar-refractivity contribution is 7.91. The van der Waals surface area contributed by atoms with Gasteiger partial charge in [0.25, 0.3) is 10.0 Å². The predicted octanol–water partition coefficient (Wildman–Crippen LogP) is 2.22. The van der Waals surface area contributed by atoms with Gasteiger partial charge in [0.2, 0.25) is 0 Å². The highest BCUT2D eigenvalue weighted by Gasteiger charge is 2.30. The summed E-state index contributed by atoms with van der Waals surface area (Å²) in [5.41, 5.74) is 1.31. The van der Waals surface area contributed by atoms with E-state index in [2.05, 4.69) is 16.7 Å². The van der Waals surface area contributed by atoms with Crippen LogP contribution in [0.2, 0.25) is 0 Å². The van der Waals surface area contributed by atoms with Crippen LogP contribution in [0, 0.1) is 11.8 Å². The van der Waals surface area contributed by atoms with Gasteiger partial charge >= 0.3 is 0 Å². The van der Waals surface area contributed by atoms with Gasteiger partial charge in [0.1, 0.15) is 10.3 Å². The quantitative estimate of drug-likeness (QED) is 0.722. The van der Waals surface area contributed by atoms with Gasteiger partial charge in [-0.25, -0.2) is 8.42 Å². The number of aliphatic hydroxyl groups is 2. The molecule has 2 N–H and O–H groups in total. The SMILES string of the molecule is C[C@@H](O)C#Cc1cc(C(C)(C)O)ccc1N1CCN(S(=O)(=O)c2cccs2)CC1. The largest absolute Gasteiger partial charge is 0.386 e. The second-order valence-electron chi connectivity index (χ2n) is 7.56. The molecular weight excluding hydrogens is 408 g/mol. The summed E-state index contributed by atoms with van der Waals surface area (Å²) in [6.45, 7) is 6.87. The fourth-order valence-corrected chi connectivity index (χ4v) is 5.75. The summed E-state index contributed by atoms with van der Waals surface area (Å²) >= 11 is 1.23. The minimum Gasteiger partial charge on any atom is -0.386 e. The molecule has 2 aromatic rings. The van der Waals surface area contributed by atoms with Crippen molar-refractivity contribution in [1.82, 2.24) is 4.31 Å². The number of aliphatic hydroxyl groups excluding tert-OH is 1. The van der Waals surface area contributed by atoms with Crippen LogP contribution in [0.15, 0.2) is 39.9 Å². The van der Waals surface area contributed by atoms with Crippen molar-refractivity contribution >= 4 is 27.0 Å². The molecule has 0 amide bonds. The fourth-order valence-electron chi connectivity index (χ4n) is 3.18. The van der Waals surface area contributed by atoms with Crippen LogP contribution >= 0.6 is 11.3 Å². The van der Waals surface area contributed by atoms with Crippen LogP contribution in [0.5, 0.6) is 0 Å². The van der Waals surface area contributed by atoms with E-state index in [1.165, 1.54) is 15.6 Å². The third-order valence-corrected chi connectivity index (χ3v) is 8.06. The molecule has 29 heavy (non-hydrogen) atoms. The molecule has 0 aliphatic carbocycles. The minimum absolute atomic E-state index is 0.365. The number of piperazine rings is 1. The van der Waals surface area contributed by atoms with Crippen LogP contribution in [0.3, 0.4) is 0 Å². The normalized spacial score (nSPS) is 16.9. The average molecular weight is 435 g/mol. The predicted molar refractivity (Wildman–Crippen MR) is 116 cm³/mol. The molecule has 1 fully saturated rings. The highest BCUT2D eigenvalue weighted by Crippen LogP contribution is 2.29. The molecule has 1 atom stereocenters. The van der Waals surface area contributed by atoms with E-state index in [1.807, 2.05) is 18.2 Å². The lowest BCUT2D eigenvalue weighted by molar-refractivity contribution is 0.0786. The van der Waals surface area contributed by atoms with Gasteiger partial charge in [0.15, 0.2) is 0 Å². The summed E-state index contributed by atoms with van der Waals surface area (Å²) in [6.07, 6.45) is -0.763. The van der Waals surface area contributed by atoms with Gasteiger partial charge in [0, 0.05) is 31.7 Å². The van der Waals surface area contributed by atoms with Crippen molar-refractivity contribution in [3.63, 3.8) is 0 Å². The van der Waals surface area contributed by atoms with Gasteiger partial charge in [0.05, 0.1) is 11.3 Å². The number of benzene rings is 1. The molecular formula is C21H26N2O4S2.